The highest BCUT2D eigenvalue weighted by atomic mass is 16.5. The van der Waals surface area contributed by atoms with Crippen molar-refractivity contribution in [1.82, 2.24) is 0 Å². The molecule has 2 atom stereocenters. The summed E-state index contributed by atoms with van der Waals surface area (Å²) in [6.07, 6.45) is 7.70. The van der Waals surface area contributed by atoms with Gasteiger partial charge in [-0.15, -0.1) is 0 Å². The zero-order valence-electron chi connectivity index (χ0n) is 9.32. The molecule has 86 valence electrons. The van der Waals surface area contributed by atoms with Gasteiger partial charge >= 0.3 is 5.97 Å². The molecule has 0 amide bonds. The van der Waals surface area contributed by atoms with Crippen LogP contribution in [-0.2, 0) is 9.53 Å². The van der Waals surface area contributed by atoms with Crippen LogP contribution in [0, 0.1) is 0 Å². The van der Waals surface area contributed by atoms with Gasteiger partial charge in [0.25, 0.3) is 0 Å². The SMILES string of the molecule is CCCC1C/C=C/[C@@H](O)CCCC(=O)O1. The number of hydrogen-bond acceptors (Lipinski definition) is 3. The number of hydrogen-bond donors (Lipinski definition) is 1. The summed E-state index contributed by atoms with van der Waals surface area (Å²) in [4.78, 5) is 11.4. The Hall–Kier alpha value is -0.830. The van der Waals surface area contributed by atoms with Crippen molar-refractivity contribution in [3.05, 3.63) is 12.2 Å². The maximum Gasteiger partial charge on any atom is 0.306 e. The number of rotatable bonds is 2. The molecule has 0 saturated heterocycles. The number of carbonyl (C=O) groups excluding carboxylic acids is 1. The second-order valence-corrected chi connectivity index (χ2v) is 4.02. The Bertz CT molecular complexity index is 223. The van der Waals surface area contributed by atoms with Crippen molar-refractivity contribution >= 4 is 5.97 Å². The van der Waals surface area contributed by atoms with Crippen molar-refractivity contribution in [2.45, 2.75) is 57.7 Å². The molecule has 1 aliphatic heterocycles. The van der Waals surface area contributed by atoms with Crippen LogP contribution in [0.3, 0.4) is 0 Å². The third kappa shape index (κ3) is 4.98. The second kappa shape index (κ2) is 6.62. The first-order valence-electron chi connectivity index (χ1n) is 5.76. The fraction of sp³-hybridized carbons (Fsp3) is 0.750. The summed E-state index contributed by atoms with van der Waals surface area (Å²) in [6, 6.07) is 0. The minimum Gasteiger partial charge on any atom is -0.462 e. The number of aliphatic hydroxyl groups is 1. The zero-order chi connectivity index (χ0) is 11.1. The van der Waals surface area contributed by atoms with E-state index in [9.17, 15) is 9.90 Å². The minimum absolute atomic E-state index is 0.0101. The third-order valence-electron chi connectivity index (χ3n) is 2.55. The molecule has 3 heteroatoms. The van der Waals surface area contributed by atoms with Crippen LogP contribution in [0.2, 0.25) is 0 Å². The molecule has 0 fully saturated rings. The van der Waals surface area contributed by atoms with E-state index in [4.69, 9.17) is 4.74 Å². The maximum absolute atomic E-state index is 11.4. The fourth-order valence-electron chi connectivity index (χ4n) is 1.73. The van der Waals surface area contributed by atoms with Crippen LogP contribution in [-0.4, -0.2) is 23.3 Å². The average Bonchev–Trinajstić information content (AvgIpc) is 2.17. The standard InChI is InChI=1S/C12H20O3/c1-2-5-11-8-3-6-10(13)7-4-9-12(14)15-11/h3,6,10-11,13H,2,4-5,7-9H2,1H3/b6-3+/t10-,11?/m1/s1. The molecule has 1 aliphatic rings. The zero-order valence-corrected chi connectivity index (χ0v) is 9.32. The maximum atomic E-state index is 11.4. The molecule has 0 radical (unpaired) electrons. The van der Waals surface area contributed by atoms with Crippen molar-refractivity contribution < 1.29 is 14.6 Å². The van der Waals surface area contributed by atoms with Gasteiger partial charge in [-0.1, -0.05) is 25.5 Å². The van der Waals surface area contributed by atoms with Gasteiger partial charge in [-0.2, -0.15) is 0 Å². The van der Waals surface area contributed by atoms with Gasteiger partial charge < -0.3 is 9.84 Å². The molecule has 0 aliphatic carbocycles. The van der Waals surface area contributed by atoms with Gasteiger partial charge in [0, 0.05) is 12.8 Å². The first-order chi connectivity index (χ1) is 7.22. The lowest BCUT2D eigenvalue weighted by Crippen LogP contribution is -2.19. The van der Waals surface area contributed by atoms with E-state index in [1.54, 1.807) is 0 Å². The van der Waals surface area contributed by atoms with Crippen molar-refractivity contribution in [3.63, 3.8) is 0 Å². The summed E-state index contributed by atoms with van der Waals surface area (Å²) in [5, 5.41) is 9.49. The van der Waals surface area contributed by atoms with E-state index in [2.05, 4.69) is 6.92 Å². The predicted molar refractivity (Wildman–Crippen MR) is 58.4 cm³/mol. The largest absolute Gasteiger partial charge is 0.462 e. The van der Waals surface area contributed by atoms with E-state index in [-0.39, 0.29) is 12.1 Å². The Balaban J connectivity index is 2.53. The van der Waals surface area contributed by atoms with Crippen molar-refractivity contribution in [2.24, 2.45) is 0 Å². The Morgan fingerprint density at radius 3 is 3.13 bits per heavy atom. The van der Waals surface area contributed by atoms with Gasteiger partial charge in [0.15, 0.2) is 0 Å². The number of aliphatic hydroxyl groups excluding tert-OH is 1. The Kier molecular flexibility index (Phi) is 5.40. The third-order valence-corrected chi connectivity index (χ3v) is 2.55. The van der Waals surface area contributed by atoms with Gasteiger partial charge in [-0.05, 0) is 19.3 Å². The summed E-state index contributed by atoms with van der Waals surface area (Å²) in [5.74, 6) is -0.129. The van der Waals surface area contributed by atoms with Crippen LogP contribution < -0.4 is 0 Å². The summed E-state index contributed by atoms with van der Waals surface area (Å²) < 4.78 is 5.33. The molecule has 1 N–H and O–H groups in total. The summed E-state index contributed by atoms with van der Waals surface area (Å²) >= 11 is 0. The smallest absolute Gasteiger partial charge is 0.306 e. The lowest BCUT2D eigenvalue weighted by Gasteiger charge is -2.17. The first-order valence-corrected chi connectivity index (χ1v) is 5.76. The number of carbonyl (C=O) groups is 1. The molecule has 0 spiro atoms. The monoisotopic (exact) mass is 212 g/mol. The number of cyclic esters (lactones) is 1. The van der Waals surface area contributed by atoms with E-state index in [1.165, 1.54) is 0 Å². The van der Waals surface area contributed by atoms with Gasteiger partial charge in [-0.3, -0.25) is 4.79 Å². The molecule has 0 aromatic carbocycles. The van der Waals surface area contributed by atoms with Crippen molar-refractivity contribution in [1.29, 1.82) is 0 Å². The van der Waals surface area contributed by atoms with Gasteiger partial charge in [0.1, 0.15) is 6.10 Å². The molecule has 3 nitrogen and oxygen atoms in total. The summed E-state index contributed by atoms with van der Waals surface area (Å²) in [6.45, 7) is 2.07. The topological polar surface area (TPSA) is 46.5 Å². The van der Waals surface area contributed by atoms with Crippen LogP contribution >= 0.6 is 0 Å². The summed E-state index contributed by atoms with van der Waals surface area (Å²) in [5.41, 5.74) is 0. The molecule has 0 aromatic heterocycles. The van der Waals surface area contributed by atoms with E-state index in [0.29, 0.717) is 19.3 Å². The highest BCUT2D eigenvalue weighted by molar-refractivity contribution is 5.69. The lowest BCUT2D eigenvalue weighted by atomic mass is 10.1. The van der Waals surface area contributed by atoms with Crippen LogP contribution in [0.1, 0.15) is 45.4 Å². The molecule has 15 heavy (non-hydrogen) atoms. The molecule has 1 unspecified atom stereocenters. The molecule has 0 aromatic rings. The van der Waals surface area contributed by atoms with Crippen LogP contribution in [0.25, 0.3) is 0 Å². The normalized spacial score (nSPS) is 30.7. The first kappa shape index (κ1) is 12.2. The van der Waals surface area contributed by atoms with E-state index in [0.717, 1.165) is 19.3 Å². The van der Waals surface area contributed by atoms with Gasteiger partial charge in [0.05, 0.1) is 6.10 Å². The van der Waals surface area contributed by atoms with Crippen LogP contribution in [0.15, 0.2) is 12.2 Å². The molecular formula is C12H20O3. The van der Waals surface area contributed by atoms with Crippen LogP contribution in [0.5, 0.6) is 0 Å². The molecule has 1 rings (SSSR count). The number of ether oxygens (including phenoxy) is 1. The van der Waals surface area contributed by atoms with E-state index < -0.39 is 6.10 Å². The highest BCUT2D eigenvalue weighted by Gasteiger charge is 2.14. The fourth-order valence-corrected chi connectivity index (χ4v) is 1.73. The van der Waals surface area contributed by atoms with Gasteiger partial charge in [0.2, 0.25) is 0 Å². The van der Waals surface area contributed by atoms with E-state index in [1.807, 2.05) is 12.2 Å². The molecule has 1 heterocycles. The van der Waals surface area contributed by atoms with Crippen molar-refractivity contribution in [2.75, 3.05) is 0 Å². The lowest BCUT2D eigenvalue weighted by molar-refractivity contribution is -0.149. The molecular weight excluding hydrogens is 192 g/mol. The Labute approximate surface area is 91.1 Å². The minimum atomic E-state index is -0.404. The van der Waals surface area contributed by atoms with Crippen LogP contribution in [0.4, 0.5) is 0 Å². The number of esters is 1. The molecule has 0 saturated carbocycles. The second-order valence-electron chi connectivity index (χ2n) is 4.02. The Morgan fingerprint density at radius 2 is 2.40 bits per heavy atom. The van der Waals surface area contributed by atoms with Gasteiger partial charge in [-0.25, -0.2) is 0 Å². The van der Waals surface area contributed by atoms with E-state index >= 15 is 0 Å². The molecule has 0 bridgehead atoms. The quantitative estimate of drug-likeness (QED) is 0.563. The van der Waals surface area contributed by atoms with Crippen molar-refractivity contribution in [3.8, 4) is 0 Å². The average molecular weight is 212 g/mol. The summed E-state index contributed by atoms with van der Waals surface area (Å²) in [7, 11) is 0. The highest BCUT2D eigenvalue weighted by Crippen LogP contribution is 2.13. The Morgan fingerprint density at radius 1 is 1.60 bits per heavy atom. The predicted octanol–water partition coefficient (Wildman–Crippen LogP) is 2.19.